The monoisotopic (exact) mass is 271 g/mol. The van der Waals surface area contributed by atoms with E-state index < -0.39 is 0 Å². The van der Waals surface area contributed by atoms with E-state index in [0.717, 1.165) is 25.3 Å². The van der Waals surface area contributed by atoms with Crippen molar-refractivity contribution in [2.75, 3.05) is 20.2 Å². The van der Waals surface area contributed by atoms with Crippen LogP contribution in [0.15, 0.2) is 47.1 Å². The Morgan fingerprint density at radius 2 is 2.10 bits per heavy atom. The average Bonchev–Trinajstić information content (AvgIpc) is 3.18. The molecule has 4 heteroatoms. The van der Waals surface area contributed by atoms with Gasteiger partial charge in [-0.1, -0.05) is 12.1 Å². The summed E-state index contributed by atoms with van der Waals surface area (Å²) in [6.45, 7) is 1.52. The van der Waals surface area contributed by atoms with Crippen LogP contribution in [-0.4, -0.2) is 31.0 Å². The van der Waals surface area contributed by atoms with Gasteiger partial charge in [-0.25, -0.2) is 0 Å². The summed E-state index contributed by atoms with van der Waals surface area (Å²) in [5.41, 5.74) is 1.25. The molecule has 2 aromatic rings. The Morgan fingerprint density at radius 1 is 1.30 bits per heavy atom. The zero-order chi connectivity index (χ0) is 13.9. The fourth-order valence-electron chi connectivity index (χ4n) is 2.65. The molecule has 2 heterocycles. The van der Waals surface area contributed by atoms with Gasteiger partial charge in [0.05, 0.1) is 13.4 Å². The molecule has 1 saturated heterocycles. The Hall–Kier alpha value is -2.23. The highest BCUT2D eigenvalue weighted by Crippen LogP contribution is 2.29. The van der Waals surface area contributed by atoms with Crippen molar-refractivity contribution < 1.29 is 13.9 Å². The lowest BCUT2D eigenvalue weighted by molar-refractivity contribution is 0.0759. The highest BCUT2D eigenvalue weighted by molar-refractivity contribution is 5.91. The number of benzene rings is 1. The molecule has 0 spiro atoms. The van der Waals surface area contributed by atoms with E-state index in [9.17, 15) is 4.79 Å². The maximum Gasteiger partial charge on any atom is 0.289 e. The molecule has 1 aromatic carbocycles. The van der Waals surface area contributed by atoms with Gasteiger partial charge in [0, 0.05) is 19.0 Å². The van der Waals surface area contributed by atoms with Gasteiger partial charge in [-0.3, -0.25) is 4.79 Å². The molecule has 0 N–H and O–H groups in total. The van der Waals surface area contributed by atoms with Gasteiger partial charge in [-0.2, -0.15) is 0 Å². The smallest absolute Gasteiger partial charge is 0.289 e. The van der Waals surface area contributed by atoms with Gasteiger partial charge in [-0.05, 0) is 36.2 Å². The first kappa shape index (κ1) is 12.8. The topological polar surface area (TPSA) is 42.7 Å². The molecule has 0 bridgehead atoms. The Labute approximate surface area is 118 Å². The van der Waals surface area contributed by atoms with Crippen molar-refractivity contribution in [1.82, 2.24) is 4.90 Å². The minimum atomic E-state index is -0.0222. The largest absolute Gasteiger partial charge is 0.497 e. The fourth-order valence-corrected chi connectivity index (χ4v) is 2.65. The van der Waals surface area contributed by atoms with Crippen molar-refractivity contribution in [2.24, 2.45) is 0 Å². The van der Waals surface area contributed by atoms with Crippen LogP contribution in [0.1, 0.15) is 28.5 Å². The molecule has 1 aliphatic rings. The molecule has 1 atom stereocenters. The molecule has 3 rings (SSSR count). The molecule has 104 valence electrons. The van der Waals surface area contributed by atoms with Gasteiger partial charge in [0.2, 0.25) is 0 Å². The Balaban J connectivity index is 1.68. The number of rotatable bonds is 3. The second-order valence-electron chi connectivity index (χ2n) is 4.99. The van der Waals surface area contributed by atoms with Gasteiger partial charge in [-0.15, -0.1) is 0 Å². The number of hydrogen-bond donors (Lipinski definition) is 0. The predicted molar refractivity (Wildman–Crippen MR) is 75.0 cm³/mol. The number of likely N-dealkylation sites (tertiary alicyclic amines) is 1. The summed E-state index contributed by atoms with van der Waals surface area (Å²) < 4.78 is 10.3. The summed E-state index contributed by atoms with van der Waals surface area (Å²) in [4.78, 5) is 14.1. The summed E-state index contributed by atoms with van der Waals surface area (Å²) >= 11 is 0. The fraction of sp³-hybridized carbons (Fsp3) is 0.312. The van der Waals surface area contributed by atoms with Gasteiger partial charge >= 0.3 is 0 Å². The second kappa shape index (κ2) is 5.41. The number of nitrogens with zero attached hydrogens (tertiary/aromatic N) is 1. The number of furan rings is 1. The van der Waals surface area contributed by atoms with Crippen LogP contribution in [0.5, 0.6) is 5.75 Å². The minimum absolute atomic E-state index is 0.0222. The number of carbonyl (C=O) groups is 1. The maximum absolute atomic E-state index is 12.2. The molecule has 1 amide bonds. The van der Waals surface area contributed by atoms with E-state index in [-0.39, 0.29) is 5.91 Å². The number of carbonyl (C=O) groups excluding carboxylic acids is 1. The van der Waals surface area contributed by atoms with Crippen molar-refractivity contribution in [1.29, 1.82) is 0 Å². The third-order valence-corrected chi connectivity index (χ3v) is 3.79. The molecule has 0 aliphatic carbocycles. The third kappa shape index (κ3) is 2.41. The van der Waals surface area contributed by atoms with Crippen LogP contribution in [0.3, 0.4) is 0 Å². The molecular formula is C16H17NO3. The van der Waals surface area contributed by atoms with Gasteiger partial charge in [0.15, 0.2) is 5.76 Å². The van der Waals surface area contributed by atoms with E-state index in [0.29, 0.717) is 11.7 Å². The van der Waals surface area contributed by atoms with Crippen LogP contribution >= 0.6 is 0 Å². The number of methoxy groups -OCH3 is 1. The van der Waals surface area contributed by atoms with Crippen LogP contribution in [0.4, 0.5) is 0 Å². The van der Waals surface area contributed by atoms with E-state index >= 15 is 0 Å². The first-order chi connectivity index (χ1) is 9.78. The van der Waals surface area contributed by atoms with Gasteiger partial charge in [0.1, 0.15) is 5.75 Å². The lowest BCUT2D eigenvalue weighted by Crippen LogP contribution is -2.28. The zero-order valence-electron chi connectivity index (χ0n) is 11.4. The van der Waals surface area contributed by atoms with Gasteiger partial charge < -0.3 is 14.1 Å². The van der Waals surface area contributed by atoms with Gasteiger partial charge in [0.25, 0.3) is 5.91 Å². The second-order valence-corrected chi connectivity index (χ2v) is 4.99. The van der Waals surface area contributed by atoms with Crippen LogP contribution in [0.25, 0.3) is 0 Å². The molecule has 1 aliphatic heterocycles. The Bertz CT molecular complexity index is 574. The zero-order valence-corrected chi connectivity index (χ0v) is 11.4. The normalized spacial score (nSPS) is 18.2. The minimum Gasteiger partial charge on any atom is -0.497 e. The number of ether oxygens (including phenoxy) is 1. The lowest BCUT2D eigenvalue weighted by Gasteiger charge is -2.15. The van der Waals surface area contributed by atoms with Crippen molar-refractivity contribution in [3.05, 3.63) is 54.0 Å². The lowest BCUT2D eigenvalue weighted by atomic mass is 9.98. The SMILES string of the molecule is COc1ccc([C@@H]2CCN(C(=O)c3ccco3)C2)cc1. The first-order valence-corrected chi connectivity index (χ1v) is 6.74. The van der Waals surface area contributed by atoms with Crippen molar-refractivity contribution >= 4 is 5.91 Å². The average molecular weight is 271 g/mol. The molecular weight excluding hydrogens is 254 g/mol. The molecule has 1 fully saturated rings. The summed E-state index contributed by atoms with van der Waals surface area (Å²) in [5, 5.41) is 0. The summed E-state index contributed by atoms with van der Waals surface area (Å²) in [6, 6.07) is 11.5. The van der Waals surface area contributed by atoms with E-state index in [1.807, 2.05) is 17.0 Å². The number of amides is 1. The number of hydrogen-bond acceptors (Lipinski definition) is 3. The predicted octanol–water partition coefficient (Wildman–Crippen LogP) is 2.92. The van der Waals surface area contributed by atoms with Crippen LogP contribution < -0.4 is 4.74 Å². The van der Waals surface area contributed by atoms with Crippen molar-refractivity contribution in [3.63, 3.8) is 0 Å². The highest BCUT2D eigenvalue weighted by atomic mass is 16.5. The quantitative estimate of drug-likeness (QED) is 0.862. The van der Waals surface area contributed by atoms with E-state index in [1.54, 1.807) is 19.2 Å². The molecule has 1 aromatic heterocycles. The molecule has 20 heavy (non-hydrogen) atoms. The molecule has 0 radical (unpaired) electrons. The van der Waals surface area contributed by atoms with E-state index in [2.05, 4.69) is 12.1 Å². The third-order valence-electron chi connectivity index (χ3n) is 3.79. The molecule has 0 unspecified atom stereocenters. The van der Waals surface area contributed by atoms with Crippen LogP contribution in [0, 0.1) is 0 Å². The molecule has 4 nitrogen and oxygen atoms in total. The summed E-state index contributed by atoms with van der Waals surface area (Å²) in [5.74, 6) is 1.64. The van der Waals surface area contributed by atoms with E-state index in [1.165, 1.54) is 11.8 Å². The van der Waals surface area contributed by atoms with Crippen molar-refractivity contribution in [3.8, 4) is 5.75 Å². The maximum atomic E-state index is 12.2. The van der Waals surface area contributed by atoms with Crippen molar-refractivity contribution in [2.45, 2.75) is 12.3 Å². The first-order valence-electron chi connectivity index (χ1n) is 6.74. The Kier molecular flexibility index (Phi) is 3.46. The van der Waals surface area contributed by atoms with Crippen LogP contribution in [0.2, 0.25) is 0 Å². The Morgan fingerprint density at radius 3 is 2.75 bits per heavy atom. The van der Waals surface area contributed by atoms with Crippen LogP contribution in [-0.2, 0) is 0 Å². The standard InChI is InChI=1S/C16H17NO3/c1-19-14-6-4-12(5-7-14)13-8-9-17(11-13)16(18)15-3-2-10-20-15/h2-7,10,13H,8-9,11H2,1H3/t13-/m1/s1. The van der Waals surface area contributed by atoms with E-state index in [4.69, 9.17) is 9.15 Å². The highest BCUT2D eigenvalue weighted by Gasteiger charge is 2.28. The molecule has 0 saturated carbocycles. The summed E-state index contributed by atoms with van der Waals surface area (Å²) in [7, 11) is 1.66. The summed E-state index contributed by atoms with van der Waals surface area (Å²) in [6.07, 6.45) is 2.52.